The largest absolute Gasteiger partial charge is 0.474 e. The minimum atomic E-state index is -1.34. The number of aryl methyl sites for hydroxylation is 1. The Kier molecular flexibility index (Phi) is 5.72. The topological polar surface area (TPSA) is 115 Å². The van der Waals surface area contributed by atoms with Crippen LogP contribution in [-0.4, -0.2) is 49.4 Å². The van der Waals surface area contributed by atoms with Crippen LogP contribution < -0.4 is 15.4 Å². The molecule has 2 aromatic carbocycles. The fourth-order valence-corrected chi connectivity index (χ4v) is 5.09. The number of benzene rings is 2. The Morgan fingerprint density at radius 2 is 1.93 bits per heavy atom. The molecule has 0 unspecified atom stereocenters. The smallest absolute Gasteiger partial charge is 0.269 e. The zero-order chi connectivity index (χ0) is 27.4. The lowest BCUT2D eigenvalue weighted by Gasteiger charge is -2.22. The van der Waals surface area contributed by atoms with Crippen LogP contribution in [-0.2, 0) is 11.3 Å². The number of halogens is 1. The number of aromatic nitrogens is 4. The van der Waals surface area contributed by atoms with Gasteiger partial charge in [0, 0.05) is 35.9 Å². The minimum absolute atomic E-state index is 0.0140. The van der Waals surface area contributed by atoms with Crippen LogP contribution in [0, 0.1) is 5.82 Å². The van der Waals surface area contributed by atoms with Crippen LogP contribution in [0.3, 0.4) is 0 Å². The number of anilines is 1. The second-order valence-corrected chi connectivity index (χ2v) is 10.3. The van der Waals surface area contributed by atoms with Crippen molar-refractivity contribution in [3.63, 3.8) is 0 Å². The van der Waals surface area contributed by atoms with Crippen LogP contribution in [0.1, 0.15) is 53.7 Å². The van der Waals surface area contributed by atoms with E-state index >= 15 is 0 Å². The molecule has 0 radical (unpaired) electrons. The molecule has 2 amide bonds. The molecule has 11 heteroatoms. The second kappa shape index (κ2) is 9.44. The molecule has 3 aliphatic rings. The van der Waals surface area contributed by atoms with Gasteiger partial charge < -0.3 is 15.4 Å². The summed E-state index contributed by atoms with van der Waals surface area (Å²) in [4.78, 5) is 31.9. The Morgan fingerprint density at radius 1 is 1.10 bits per heavy atom. The highest BCUT2D eigenvalue weighted by Crippen LogP contribution is 2.38. The van der Waals surface area contributed by atoms with Crippen molar-refractivity contribution in [2.45, 2.75) is 51.0 Å². The standard InChI is InChI=1S/C29H26FN7O3/c1-16-12-13-36-29(40-16)22(24(35-36)18-14-31-37(15-18)19-10-11-19)27(38)34-26-28(39)33-25-20(8-5-9-21(25)30)23(32-26)17-6-3-2-4-7-17/h2-9,14-16,19,26H,10-13H2,1H3,(H,33,39)(H,34,38)/t16-,26-/m1/s1. The number of amides is 2. The molecular weight excluding hydrogens is 513 g/mol. The molecule has 2 atom stereocenters. The van der Waals surface area contributed by atoms with Crippen molar-refractivity contribution in [3.05, 3.63) is 83.4 Å². The number of hydrogen-bond acceptors (Lipinski definition) is 6. The van der Waals surface area contributed by atoms with Gasteiger partial charge in [0.2, 0.25) is 12.0 Å². The molecule has 2 aliphatic heterocycles. The molecule has 0 spiro atoms. The summed E-state index contributed by atoms with van der Waals surface area (Å²) in [5.41, 5.74) is 2.81. The number of carbonyl (C=O) groups is 2. The van der Waals surface area contributed by atoms with Crippen molar-refractivity contribution < 1.29 is 18.7 Å². The highest BCUT2D eigenvalue weighted by molar-refractivity contribution is 6.20. The van der Waals surface area contributed by atoms with Crippen molar-refractivity contribution in [1.82, 2.24) is 24.9 Å². The van der Waals surface area contributed by atoms with E-state index in [2.05, 4.69) is 20.7 Å². The first kappa shape index (κ1) is 24.3. The summed E-state index contributed by atoms with van der Waals surface area (Å²) in [5.74, 6) is -1.50. The van der Waals surface area contributed by atoms with Crippen molar-refractivity contribution in [2.24, 2.45) is 4.99 Å². The van der Waals surface area contributed by atoms with Gasteiger partial charge in [0.25, 0.3) is 11.8 Å². The van der Waals surface area contributed by atoms with E-state index in [0.717, 1.165) is 19.3 Å². The van der Waals surface area contributed by atoms with Crippen LogP contribution in [0.5, 0.6) is 5.88 Å². The number of benzodiazepines with no additional fused rings is 1. The average Bonchev–Trinajstić information content (AvgIpc) is 3.60. The van der Waals surface area contributed by atoms with E-state index in [-0.39, 0.29) is 17.4 Å². The Labute approximate surface area is 228 Å². The summed E-state index contributed by atoms with van der Waals surface area (Å²) >= 11 is 0. The van der Waals surface area contributed by atoms with Crippen LogP contribution in [0.4, 0.5) is 10.1 Å². The molecule has 1 aliphatic carbocycles. The molecule has 0 saturated heterocycles. The fourth-order valence-electron chi connectivity index (χ4n) is 5.09. The second-order valence-electron chi connectivity index (χ2n) is 10.3. The molecule has 2 aromatic heterocycles. The van der Waals surface area contributed by atoms with Crippen LogP contribution in [0.2, 0.25) is 0 Å². The molecule has 40 heavy (non-hydrogen) atoms. The summed E-state index contributed by atoms with van der Waals surface area (Å²) in [5, 5.41) is 14.5. The lowest BCUT2D eigenvalue weighted by molar-refractivity contribution is -0.117. The Bertz CT molecular complexity index is 1670. The summed E-state index contributed by atoms with van der Waals surface area (Å²) in [7, 11) is 0. The molecule has 1 fully saturated rings. The van der Waals surface area contributed by atoms with Crippen LogP contribution in [0.15, 0.2) is 65.9 Å². The Morgan fingerprint density at radius 3 is 2.73 bits per heavy atom. The summed E-state index contributed by atoms with van der Waals surface area (Å²) in [6, 6.07) is 14.0. The van der Waals surface area contributed by atoms with Crippen molar-refractivity contribution in [3.8, 4) is 17.1 Å². The molecule has 1 saturated carbocycles. The molecular formula is C29H26FN7O3. The SMILES string of the molecule is C[C@@H]1CCn2nc(-c3cnn(C4CC4)c3)c(C(=O)N[C@H]3N=C(c4ccccc4)c4cccc(F)c4NC3=O)c2O1. The maximum Gasteiger partial charge on any atom is 0.269 e. The predicted octanol–water partition coefficient (Wildman–Crippen LogP) is 3.94. The minimum Gasteiger partial charge on any atom is -0.474 e. The summed E-state index contributed by atoms with van der Waals surface area (Å²) in [6.45, 7) is 2.52. The Hall–Kier alpha value is -4.80. The Balaban J connectivity index is 1.29. The van der Waals surface area contributed by atoms with Gasteiger partial charge in [-0.15, -0.1) is 0 Å². The number of hydrogen-bond donors (Lipinski definition) is 2. The molecule has 202 valence electrons. The van der Waals surface area contributed by atoms with Crippen LogP contribution in [0.25, 0.3) is 11.3 Å². The average molecular weight is 540 g/mol. The third-order valence-corrected chi connectivity index (χ3v) is 7.33. The lowest BCUT2D eigenvalue weighted by Crippen LogP contribution is -2.42. The van der Waals surface area contributed by atoms with E-state index in [1.54, 1.807) is 23.0 Å². The van der Waals surface area contributed by atoms with E-state index < -0.39 is 23.8 Å². The quantitative estimate of drug-likeness (QED) is 0.399. The van der Waals surface area contributed by atoms with E-state index in [0.29, 0.717) is 46.6 Å². The predicted molar refractivity (Wildman–Crippen MR) is 145 cm³/mol. The number of fused-ring (bicyclic) bond motifs is 2. The highest BCUT2D eigenvalue weighted by Gasteiger charge is 2.35. The van der Waals surface area contributed by atoms with E-state index in [9.17, 15) is 14.0 Å². The zero-order valence-corrected chi connectivity index (χ0v) is 21.7. The van der Waals surface area contributed by atoms with E-state index in [4.69, 9.17) is 9.84 Å². The van der Waals surface area contributed by atoms with E-state index in [1.165, 1.54) is 6.07 Å². The molecule has 4 heterocycles. The van der Waals surface area contributed by atoms with Gasteiger partial charge in [0.15, 0.2) is 0 Å². The molecule has 7 rings (SSSR count). The summed E-state index contributed by atoms with van der Waals surface area (Å²) in [6.07, 6.45) is 5.00. The lowest BCUT2D eigenvalue weighted by atomic mass is 10.0. The van der Waals surface area contributed by atoms with Crippen LogP contribution >= 0.6 is 0 Å². The number of aliphatic imine (C=N–C) groups is 1. The van der Waals surface area contributed by atoms with Gasteiger partial charge in [-0.25, -0.2) is 14.1 Å². The number of carbonyl (C=O) groups excluding carboxylic acids is 2. The summed E-state index contributed by atoms with van der Waals surface area (Å²) < 4.78 is 24.5. The third-order valence-electron chi connectivity index (χ3n) is 7.33. The van der Waals surface area contributed by atoms with Crippen molar-refractivity contribution in [1.29, 1.82) is 0 Å². The van der Waals surface area contributed by atoms with Crippen molar-refractivity contribution in [2.75, 3.05) is 5.32 Å². The van der Waals surface area contributed by atoms with Gasteiger partial charge in [0.05, 0.1) is 29.7 Å². The number of rotatable bonds is 5. The van der Waals surface area contributed by atoms with E-state index in [1.807, 2.05) is 48.1 Å². The number of ether oxygens (including phenoxy) is 1. The van der Waals surface area contributed by atoms with Gasteiger partial charge in [-0.1, -0.05) is 42.5 Å². The number of para-hydroxylation sites is 1. The van der Waals surface area contributed by atoms with Gasteiger partial charge in [0.1, 0.15) is 17.1 Å². The van der Waals surface area contributed by atoms with Gasteiger partial charge in [-0.2, -0.15) is 10.2 Å². The molecule has 4 aromatic rings. The van der Waals surface area contributed by atoms with Crippen molar-refractivity contribution >= 4 is 23.2 Å². The molecule has 2 N–H and O–H groups in total. The first-order valence-corrected chi connectivity index (χ1v) is 13.3. The maximum absolute atomic E-state index is 14.9. The normalized spacial score (nSPS) is 19.9. The van der Waals surface area contributed by atoms with Gasteiger partial charge in [-0.3, -0.25) is 14.3 Å². The number of nitrogens with one attached hydrogen (secondary N) is 2. The first-order chi connectivity index (χ1) is 19.5. The third kappa shape index (κ3) is 4.23. The first-order valence-electron chi connectivity index (χ1n) is 13.3. The molecule has 0 bridgehead atoms. The fraction of sp³-hybridized carbons (Fsp3) is 0.276. The number of nitrogens with zero attached hydrogens (tertiary/aromatic N) is 5. The van der Waals surface area contributed by atoms with Gasteiger partial charge >= 0.3 is 0 Å². The van der Waals surface area contributed by atoms with Gasteiger partial charge in [-0.05, 0) is 25.8 Å². The maximum atomic E-state index is 14.9. The zero-order valence-electron chi connectivity index (χ0n) is 21.7. The highest BCUT2D eigenvalue weighted by atomic mass is 19.1. The monoisotopic (exact) mass is 539 g/mol. The molecule has 10 nitrogen and oxygen atoms in total.